The van der Waals surface area contributed by atoms with Crippen LogP contribution in [0.4, 0.5) is 0 Å². The molecular formula is C10H14O2. The largest absolute Gasteiger partial charge is 0.303 e. The standard InChI is InChI=1S/C10H14O2/c1-7-3-4-9(8(2)5-11)10(7)6-12/h5-6,8-9H,3-4H2,1-2H3/t8-,9-/m0/s1. The van der Waals surface area contributed by atoms with E-state index in [0.29, 0.717) is 0 Å². The van der Waals surface area contributed by atoms with Gasteiger partial charge in [0, 0.05) is 5.92 Å². The van der Waals surface area contributed by atoms with Crippen molar-refractivity contribution in [2.24, 2.45) is 11.8 Å². The number of aldehydes is 2. The molecule has 2 heteroatoms. The van der Waals surface area contributed by atoms with Gasteiger partial charge in [0.05, 0.1) is 0 Å². The molecular weight excluding hydrogens is 152 g/mol. The summed E-state index contributed by atoms with van der Waals surface area (Å²) >= 11 is 0. The minimum atomic E-state index is -0.0114. The first-order chi connectivity index (χ1) is 5.70. The van der Waals surface area contributed by atoms with Crippen LogP contribution in [0.3, 0.4) is 0 Å². The van der Waals surface area contributed by atoms with Crippen LogP contribution in [0.25, 0.3) is 0 Å². The minimum Gasteiger partial charge on any atom is -0.303 e. The van der Waals surface area contributed by atoms with Crippen LogP contribution >= 0.6 is 0 Å². The van der Waals surface area contributed by atoms with E-state index in [-0.39, 0.29) is 11.8 Å². The van der Waals surface area contributed by atoms with Gasteiger partial charge < -0.3 is 4.79 Å². The van der Waals surface area contributed by atoms with Crippen molar-refractivity contribution in [3.63, 3.8) is 0 Å². The molecule has 0 aromatic heterocycles. The van der Waals surface area contributed by atoms with E-state index in [1.165, 1.54) is 0 Å². The van der Waals surface area contributed by atoms with Crippen molar-refractivity contribution < 1.29 is 9.59 Å². The lowest BCUT2D eigenvalue weighted by Gasteiger charge is -2.13. The topological polar surface area (TPSA) is 34.1 Å². The maximum atomic E-state index is 10.7. The zero-order chi connectivity index (χ0) is 9.14. The zero-order valence-electron chi connectivity index (χ0n) is 7.54. The fourth-order valence-electron chi connectivity index (χ4n) is 1.82. The number of carbonyl (C=O) groups excluding carboxylic acids is 2. The molecule has 1 rings (SSSR count). The van der Waals surface area contributed by atoms with E-state index in [4.69, 9.17) is 0 Å². The molecule has 0 unspecified atom stereocenters. The lowest BCUT2D eigenvalue weighted by Crippen LogP contribution is -2.13. The molecule has 66 valence electrons. The van der Waals surface area contributed by atoms with Crippen molar-refractivity contribution in [3.8, 4) is 0 Å². The van der Waals surface area contributed by atoms with Gasteiger partial charge in [0.1, 0.15) is 12.6 Å². The van der Waals surface area contributed by atoms with E-state index in [1.54, 1.807) is 0 Å². The van der Waals surface area contributed by atoms with E-state index in [2.05, 4.69) is 0 Å². The molecule has 0 N–H and O–H groups in total. The normalized spacial score (nSPS) is 25.7. The van der Waals surface area contributed by atoms with Crippen LogP contribution in [0, 0.1) is 11.8 Å². The Morgan fingerprint density at radius 2 is 2.17 bits per heavy atom. The predicted octanol–water partition coefficient (Wildman–Crippen LogP) is 1.75. The number of hydrogen-bond donors (Lipinski definition) is 0. The van der Waals surface area contributed by atoms with Crippen molar-refractivity contribution >= 4 is 12.6 Å². The van der Waals surface area contributed by atoms with E-state index < -0.39 is 0 Å². The summed E-state index contributed by atoms with van der Waals surface area (Å²) in [7, 11) is 0. The second-order valence-corrected chi connectivity index (χ2v) is 3.49. The lowest BCUT2D eigenvalue weighted by molar-refractivity contribution is -0.111. The number of carbonyl (C=O) groups is 2. The first-order valence-electron chi connectivity index (χ1n) is 4.30. The van der Waals surface area contributed by atoms with Gasteiger partial charge in [0.2, 0.25) is 0 Å². The Morgan fingerprint density at radius 1 is 1.50 bits per heavy atom. The quantitative estimate of drug-likeness (QED) is 0.598. The Hall–Kier alpha value is -0.920. The predicted molar refractivity (Wildman–Crippen MR) is 46.7 cm³/mol. The van der Waals surface area contributed by atoms with Crippen LogP contribution in [0.15, 0.2) is 11.1 Å². The number of rotatable bonds is 3. The maximum Gasteiger partial charge on any atom is 0.146 e. The van der Waals surface area contributed by atoms with Gasteiger partial charge in [-0.3, -0.25) is 4.79 Å². The number of allylic oxidation sites excluding steroid dienone is 2. The molecule has 0 saturated carbocycles. The molecule has 0 saturated heterocycles. The van der Waals surface area contributed by atoms with Crippen molar-refractivity contribution in [2.45, 2.75) is 26.7 Å². The molecule has 0 amide bonds. The van der Waals surface area contributed by atoms with Crippen molar-refractivity contribution in [1.82, 2.24) is 0 Å². The molecule has 2 nitrogen and oxygen atoms in total. The lowest BCUT2D eigenvalue weighted by atomic mass is 9.89. The smallest absolute Gasteiger partial charge is 0.146 e. The molecule has 12 heavy (non-hydrogen) atoms. The van der Waals surface area contributed by atoms with E-state index >= 15 is 0 Å². The van der Waals surface area contributed by atoms with Gasteiger partial charge in [0.15, 0.2) is 0 Å². The zero-order valence-corrected chi connectivity index (χ0v) is 7.54. The summed E-state index contributed by atoms with van der Waals surface area (Å²) in [4.78, 5) is 21.2. The summed E-state index contributed by atoms with van der Waals surface area (Å²) in [5.41, 5.74) is 2.01. The number of hydrogen-bond acceptors (Lipinski definition) is 2. The summed E-state index contributed by atoms with van der Waals surface area (Å²) in [6.45, 7) is 3.85. The average Bonchev–Trinajstić information content (AvgIpc) is 2.45. The maximum absolute atomic E-state index is 10.7. The summed E-state index contributed by atoms with van der Waals surface area (Å²) < 4.78 is 0. The van der Waals surface area contributed by atoms with Gasteiger partial charge in [-0.05, 0) is 31.3 Å². The summed E-state index contributed by atoms with van der Waals surface area (Å²) in [6.07, 6.45) is 3.77. The fraction of sp³-hybridized carbons (Fsp3) is 0.600. The molecule has 0 aliphatic heterocycles. The molecule has 2 atom stereocenters. The van der Waals surface area contributed by atoms with Crippen LogP contribution in [0.2, 0.25) is 0 Å². The SMILES string of the molecule is CC1=C(C=O)[C@H]([C@@H](C)C=O)CC1. The molecule has 0 fully saturated rings. The van der Waals surface area contributed by atoms with Gasteiger partial charge >= 0.3 is 0 Å². The van der Waals surface area contributed by atoms with E-state index in [9.17, 15) is 9.59 Å². The van der Waals surface area contributed by atoms with Crippen LogP contribution in [-0.4, -0.2) is 12.6 Å². The molecule has 0 heterocycles. The molecule has 0 bridgehead atoms. The van der Waals surface area contributed by atoms with Crippen LogP contribution in [-0.2, 0) is 9.59 Å². The van der Waals surface area contributed by atoms with Crippen molar-refractivity contribution in [2.75, 3.05) is 0 Å². The van der Waals surface area contributed by atoms with Gasteiger partial charge in [-0.25, -0.2) is 0 Å². The van der Waals surface area contributed by atoms with Crippen LogP contribution in [0.5, 0.6) is 0 Å². The Morgan fingerprint density at radius 3 is 2.67 bits per heavy atom. The van der Waals surface area contributed by atoms with Crippen LogP contribution < -0.4 is 0 Å². The third-order valence-electron chi connectivity index (χ3n) is 2.70. The monoisotopic (exact) mass is 166 g/mol. The van der Waals surface area contributed by atoms with Crippen molar-refractivity contribution in [3.05, 3.63) is 11.1 Å². The average molecular weight is 166 g/mol. The summed E-state index contributed by atoms with van der Waals surface area (Å²) in [5, 5.41) is 0. The van der Waals surface area contributed by atoms with Crippen LogP contribution in [0.1, 0.15) is 26.7 Å². The highest BCUT2D eigenvalue weighted by Gasteiger charge is 2.27. The molecule has 0 radical (unpaired) electrons. The van der Waals surface area contributed by atoms with Gasteiger partial charge in [0.25, 0.3) is 0 Å². The fourth-order valence-corrected chi connectivity index (χ4v) is 1.82. The van der Waals surface area contributed by atoms with Gasteiger partial charge in [-0.2, -0.15) is 0 Å². The summed E-state index contributed by atoms with van der Waals surface area (Å²) in [5.74, 6) is 0.169. The highest BCUT2D eigenvalue weighted by Crippen LogP contribution is 2.34. The highest BCUT2D eigenvalue weighted by molar-refractivity contribution is 5.77. The first kappa shape index (κ1) is 9.17. The Bertz CT molecular complexity index is 228. The summed E-state index contributed by atoms with van der Waals surface area (Å²) in [6, 6.07) is 0. The second-order valence-electron chi connectivity index (χ2n) is 3.49. The Kier molecular flexibility index (Phi) is 2.79. The molecule has 0 spiro atoms. The Labute approximate surface area is 72.7 Å². The molecule has 1 aliphatic rings. The molecule has 0 aromatic rings. The van der Waals surface area contributed by atoms with Gasteiger partial charge in [-0.1, -0.05) is 12.5 Å². The second kappa shape index (κ2) is 3.65. The minimum absolute atomic E-state index is 0.0114. The highest BCUT2D eigenvalue weighted by atomic mass is 16.1. The van der Waals surface area contributed by atoms with Crippen molar-refractivity contribution in [1.29, 1.82) is 0 Å². The Balaban J connectivity index is 2.82. The third kappa shape index (κ3) is 1.47. The van der Waals surface area contributed by atoms with E-state index in [0.717, 1.165) is 36.6 Å². The van der Waals surface area contributed by atoms with E-state index in [1.807, 2.05) is 13.8 Å². The van der Waals surface area contributed by atoms with Gasteiger partial charge in [-0.15, -0.1) is 0 Å². The molecule has 1 aliphatic carbocycles. The third-order valence-corrected chi connectivity index (χ3v) is 2.70. The molecule has 0 aromatic carbocycles. The first-order valence-corrected chi connectivity index (χ1v) is 4.30.